The summed E-state index contributed by atoms with van der Waals surface area (Å²) in [5.41, 5.74) is 0.786. The normalized spacial score (nSPS) is 15.7. The van der Waals surface area contributed by atoms with Gasteiger partial charge in [-0.15, -0.1) is 0 Å². The lowest BCUT2D eigenvalue weighted by molar-refractivity contribution is -0.157. The van der Waals surface area contributed by atoms with Gasteiger partial charge < -0.3 is 9.47 Å². The molecule has 0 fully saturated rings. The third-order valence-electron chi connectivity index (χ3n) is 6.84. The Kier molecular flexibility index (Phi) is 15.7. The average Bonchev–Trinajstić information content (AvgIpc) is 3.03. The van der Waals surface area contributed by atoms with Gasteiger partial charge in [0.2, 0.25) is 12.1 Å². The van der Waals surface area contributed by atoms with Gasteiger partial charge in [0.15, 0.2) is 0 Å². The number of nitrogens with zero attached hydrogens (tertiary/aromatic N) is 1. The van der Waals surface area contributed by atoms with Crippen molar-refractivity contribution in [2.45, 2.75) is 123 Å². The van der Waals surface area contributed by atoms with Crippen LogP contribution in [0.2, 0.25) is 0 Å². The van der Waals surface area contributed by atoms with Crippen LogP contribution in [0.15, 0.2) is 36.4 Å². The van der Waals surface area contributed by atoms with Crippen molar-refractivity contribution >= 4 is 11.9 Å². The fraction of sp³-hybridized carbons (Fsp3) is 0.677. The molecule has 1 amide bonds. The lowest BCUT2D eigenvalue weighted by Crippen LogP contribution is -2.35. The number of esters is 1. The van der Waals surface area contributed by atoms with Crippen LogP contribution >= 0.6 is 0 Å². The summed E-state index contributed by atoms with van der Waals surface area (Å²) in [6.07, 6.45) is 22.0. The Morgan fingerprint density at radius 2 is 1.22 bits per heavy atom. The smallest absolute Gasteiger partial charge is 0.333 e. The molecule has 1 atom stereocenters. The van der Waals surface area contributed by atoms with Crippen molar-refractivity contribution in [2.75, 3.05) is 13.2 Å². The maximum absolute atomic E-state index is 12.6. The summed E-state index contributed by atoms with van der Waals surface area (Å²) in [4.78, 5) is 26.3. The molecule has 0 radical (unpaired) electrons. The minimum Gasteiger partial charge on any atom is -0.494 e. The van der Waals surface area contributed by atoms with Crippen molar-refractivity contribution in [1.82, 2.24) is 4.90 Å². The van der Waals surface area contributed by atoms with Crippen molar-refractivity contribution in [2.24, 2.45) is 0 Å². The maximum Gasteiger partial charge on any atom is 0.333 e. The predicted molar refractivity (Wildman–Crippen MR) is 147 cm³/mol. The second-order valence-electron chi connectivity index (χ2n) is 10.0. The number of carbonyl (C=O) groups is 2. The maximum atomic E-state index is 12.6. The Morgan fingerprint density at radius 3 is 1.81 bits per heavy atom. The summed E-state index contributed by atoms with van der Waals surface area (Å²) in [5, 5.41) is 0. The largest absolute Gasteiger partial charge is 0.494 e. The molecule has 1 aliphatic heterocycles. The summed E-state index contributed by atoms with van der Waals surface area (Å²) in [6, 6.07) is 7.60. The molecule has 0 bridgehead atoms. The van der Waals surface area contributed by atoms with E-state index in [0.717, 1.165) is 43.4 Å². The molecule has 1 aromatic carbocycles. The third kappa shape index (κ3) is 12.1. The van der Waals surface area contributed by atoms with Gasteiger partial charge in [0.1, 0.15) is 5.75 Å². The molecule has 1 heterocycles. The standard InChI is InChI=1S/C31H49NO4/c1-3-5-7-9-10-11-12-13-14-15-16-18-26-35-28-21-19-27(20-22-28)31-32(25-17-8-6-4-2)29(33)23-24-30(34)36-31/h19-24,31H,3-18,25-26H2,1-2H3. The fourth-order valence-corrected chi connectivity index (χ4v) is 4.61. The van der Waals surface area contributed by atoms with Crippen molar-refractivity contribution < 1.29 is 19.1 Å². The Hall–Kier alpha value is -2.30. The highest BCUT2D eigenvalue weighted by Gasteiger charge is 2.29. The number of carbonyl (C=O) groups excluding carboxylic acids is 2. The number of ether oxygens (including phenoxy) is 2. The highest BCUT2D eigenvalue weighted by Crippen LogP contribution is 2.27. The lowest BCUT2D eigenvalue weighted by Gasteiger charge is -2.29. The molecule has 0 aliphatic carbocycles. The Labute approximate surface area is 219 Å². The summed E-state index contributed by atoms with van der Waals surface area (Å²) < 4.78 is 11.5. The Balaban J connectivity index is 1.67. The van der Waals surface area contributed by atoms with Crippen LogP contribution in [-0.4, -0.2) is 29.9 Å². The zero-order valence-electron chi connectivity index (χ0n) is 22.8. The van der Waals surface area contributed by atoms with E-state index in [4.69, 9.17) is 9.47 Å². The second kappa shape index (κ2) is 18.9. The van der Waals surface area contributed by atoms with E-state index in [1.54, 1.807) is 4.90 Å². The summed E-state index contributed by atoms with van der Waals surface area (Å²) >= 11 is 0. The van der Waals surface area contributed by atoms with E-state index >= 15 is 0 Å². The molecular weight excluding hydrogens is 450 g/mol. The van der Waals surface area contributed by atoms with Crippen LogP contribution in [0.3, 0.4) is 0 Å². The first kappa shape index (κ1) is 29.9. The van der Waals surface area contributed by atoms with E-state index in [2.05, 4.69) is 13.8 Å². The highest BCUT2D eigenvalue weighted by molar-refractivity contribution is 5.96. The van der Waals surface area contributed by atoms with Gasteiger partial charge in [0, 0.05) is 24.3 Å². The molecule has 0 saturated heterocycles. The SMILES string of the molecule is CCCCCCCCCCCCCCOc1ccc(C2OC(=O)C=CC(=O)N2CCCCCC)cc1. The van der Waals surface area contributed by atoms with Gasteiger partial charge in [-0.05, 0) is 37.1 Å². The van der Waals surface area contributed by atoms with Gasteiger partial charge >= 0.3 is 5.97 Å². The third-order valence-corrected chi connectivity index (χ3v) is 6.84. The first-order chi connectivity index (χ1) is 17.7. The van der Waals surface area contributed by atoms with E-state index in [9.17, 15) is 9.59 Å². The molecule has 0 aromatic heterocycles. The van der Waals surface area contributed by atoms with Crippen LogP contribution < -0.4 is 4.74 Å². The van der Waals surface area contributed by atoms with Crippen molar-refractivity contribution in [3.05, 3.63) is 42.0 Å². The fourth-order valence-electron chi connectivity index (χ4n) is 4.61. The van der Waals surface area contributed by atoms with Crippen molar-refractivity contribution in [1.29, 1.82) is 0 Å². The zero-order valence-corrected chi connectivity index (χ0v) is 22.8. The van der Waals surface area contributed by atoms with Crippen LogP contribution in [0.4, 0.5) is 0 Å². The molecule has 0 spiro atoms. The number of hydrogen-bond donors (Lipinski definition) is 0. The minimum atomic E-state index is -0.702. The Bertz CT molecular complexity index is 758. The molecule has 0 saturated carbocycles. The first-order valence-corrected chi connectivity index (χ1v) is 14.6. The number of hydrogen-bond acceptors (Lipinski definition) is 4. The highest BCUT2D eigenvalue weighted by atomic mass is 16.6. The molecule has 36 heavy (non-hydrogen) atoms. The predicted octanol–water partition coefficient (Wildman–Crippen LogP) is 8.29. The van der Waals surface area contributed by atoms with Gasteiger partial charge in [-0.25, -0.2) is 4.79 Å². The number of unbranched alkanes of at least 4 members (excludes halogenated alkanes) is 14. The first-order valence-electron chi connectivity index (χ1n) is 14.6. The van der Waals surface area contributed by atoms with Crippen LogP contribution in [0, 0.1) is 0 Å². The molecule has 0 N–H and O–H groups in total. The van der Waals surface area contributed by atoms with E-state index in [0.29, 0.717) is 13.2 Å². The zero-order chi connectivity index (χ0) is 25.8. The molecule has 1 unspecified atom stereocenters. The number of cyclic esters (lactones) is 1. The quantitative estimate of drug-likeness (QED) is 0.134. The van der Waals surface area contributed by atoms with E-state index < -0.39 is 12.2 Å². The van der Waals surface area contributed by atoms with Gasteiger partial charge in [-0.1, -0.05) is 104 Å². The van der Waals surface area contributed by atoms with Crippen molar-refractivity contribution in [3.63, 3.8) is 0 Å². The topological polar surface area (TPSA) is 55.8 Å². The van der Waals surface area contributed by atoms with Crippen LogP contribution in [0.1, 0.15) is 128 Å². The van der Waals surface area contributed by atoms with Gasteiger partial charge in [-0.3, -0.25) is 9.69 Å². The van der Waals surface area contributed by atoms with E-state index in [1.807, 2.05) is 24.3 Å². The van der Waals surface area contributed by atoms with E-state index in [1.165, 1.54) is 82.8 Å². The van der Waals surface area contributed by atoms with Gasteiger partial charge in [0.25, 0.3) is 0 Å². The molecule has 202 valence electrons. The number of rotatable bonds is 20. The molecule has 5 nitrogen and oxygen atoms in total. The van der Waals surface area contributed by atoms with Crippen LogP contribution in [0.25, 0.3) is 0 Å². The number of amides is 1. The van der Waals surface area contributed by atoms with Gasteiger partial charge in [0.05, 0.1) is 6.61 Å². The molecule has 2 rings (SSSR count). The van der Waals surface area contributed by atoms with Crippen molar-refractivity contribution in [3.8, 4) is 5.75 Å². The van der Waals surface area contributed by atoms with Crippen LogP contribution in [0.5, 0.6) is 5.75 Å². The summed E-state index contributed by atoms with van der Waals surface area (Å²) in [5.74, 6) is 0.132. The molecule has 5 heteroatoms. The minimum absolute atomic E-state index is 0.186. The average molecular weight is 500 g/mol. The summed E-state index contributed by atoms with van der Waals surface area (Å²) in [7, 11) is 0. The Morgan fingerprint density at radius 1 is 0.694 bits per heavy atom. The van der Waals surface area contributed by atoms with E-state index in [-0.39, 0.29) is 5.91 Å². The molecular formula is C31H49NO4. The second-order valence-corrected chi connectivity index (χ2v) is 10.0. The molecule has 1 aromatic rings. The summed E-state index contributed by atoms with van der Waals surface area (Å²) in [6.45, 7) is 5.70. The van der Waals surface area contributed by atoms with Gasteiger partial charge in [-0.2, -0.15) is 0 Å². The molecule has 1 aliphatic rings. The van der Waals surface area contributed by atoms with Crippen LogP contribution in [-0.2, 0) is 14.3 Å². The monoisotopic (exact) mass is 499 g/mol. The number of benzene rings is 1. The lowest BCUT2D eigenvalue weighted by atomic mass is 10.1.